The number of fused-ring (bicyclic) bond motifs is 1. The molecule has 0 unspecified atom stereocenters. The second kappa shape index (κ2) is 7.04. The van der Waals surface area contributed by atoms with Crippen LogP contribution in [0.25, 0.3) is 44.4 Å². The van der Waals surface area contributed by atoms with E-state index in [0.717, 1.165) is 5.01 Å². The van der Waals surface area contributed by atoms with Crippen molar-refractivity contribution in [1.82, 2.24) is 24.7 Å². The summed E-state index contributed by atoms with van der Waals surface area (Å²) >= 11 is 1.45. The van der Waals surface area contributed by atoms with Crippen molar-refractivity contribution in [3.05, 3.63) is 60.3 Å². The van der Waals surface area contributed by atoms with Crippen molar-refractivity contribution < 1.29 is 17.2 Å². The number of rotatable bonds is 4. The van der Waals surface area contributed by atoms with Gasteiger partial charge in [0, 0.05) is 28.9 Å². The molecule has 5 heterocycles. The van der Waals surface area contributed by atoms with Crippen molar-refractivity contribution >= 4 is 32.3 Å². The Morgan fingerprint density at radius 1 is 1.09 bits per heavy atom. The maximum atomic E-state index is 13.5. The third-order valence-corrected chi connectivity index (χ3v) is 7.92. The maximum absolute atomic E-state index is 13.5. The average Bonchev–Trinajstić information content (AvgIpc) is 3.50. The Hall–Kier alpha value is -3.44. The van der Waals surface area contributed by atoms with Gasteiger partial charge in [0.1, 0.15) is 17.8 Å². The van der Waals surface area contributed by atoms with Crippen LogP contribution in [0.15, 0.2) is 58.9 Å². The fourth-order valence-corrected chi connectivity index (χ4v) is 5.75. The van der Waals surface area contributed by atoms with Gasteiger partial charge in [-0.3, -0.25) is 4.68 Å². The molecule has 32 heavy (non-hydrogen) atoms. The predicted molar refractivity (Wildman–Crippen MR) is 117 cm³/mol. The quantitative estimate of drug-likeness (QED) is 0.394. The Morgan fingerprint density at radius 3 is 2.62 bits per heavy atom. The van der Waals surface area contributed by atoms with Crippen molar-refractivity contribution in [2.75, 3.05) is 11.5 Å². The smallest absolute Gasteiger partial charge is 0.230 e. The van der Waals surface area contributed by atoms with E-state index in [0.29, 0.717) is 39.4 Å². The van der Waals surface area contributed by atoms with Crippen LogP contribution in [0.5, 0.6) is 0 Å². The van der Waals surface area contributed by atoms with Crippen molar-refractivity contribution in [3.63, 3.8) is 0 Å². The molecule has 0 radical (unpaired) electrons. The van der Waals surface area contributed by atoms with E-state index in [1.807, 2.05) is 11.4 Å². The van der Waals surface area contributed by atoms with Crippen molar-refractivity contribution in [3.8, 4) is 33.3 Å². The highest BCUT2D eigenvalue weighted by Crippen LogP contribution is 2.38. The van der Waals surface area contributed by atoms with E-state index < -0.39 is 9.84 Å². The molecule has 0 bridgehead atoms. The number of nitrogens with zero attached hydrogens (tertiary/aromatic N) is 5. The van der Waals surface area contributed by atoms with Crippen LogP contribution in [0.3, 0.4) is 0 Å². The third-order valence-electron chi connectivity index (χ3n) is 5.34. The molecule has 8 nitrogen and oxygen atoms in total. The number of hydrogen-bond donors (Lipinski definition) is 0. The van der Waals surface area contributed by atoms with Gasteiger partial charge in [-0.1, -0.05) is 0 Å². The second-order valence-corrected chi connectivity index (χ2v) is 10.5. The van der Waals surface area contributed by atoms with E-state index in [1.54, 1.807) is 29.2 Å². The molecule has 1 fully saturated rings. The summed E-state index contributed by atoms with van der Waals surface area (Å²) in [5.41, 5.74) is 2.95. The summed E-state index contributed by atoms with van der Waals surface area (Å²) in [6.07, 6.45) is 4.89. The van der Waals surface area contributed by atoms with E-state index in [-0.39, 0.29) is 23.4 Å². The molecule has 0 saturated carbocycles. The zero-order valence-corrected chi connectivity index (χ0v) is 18.0. The van der Waals surface area contributed by atoms with Gasteiger partial charge in [0.15, 0.2) is 20.6 Å². The molecule has 0 aliphatic carbocycles. The number of hydrogen-bond acceptors (Lipinski definition) is 8. The van der Waals surface area contributed by atoms with E-state index in [4.69, 9.17) is 4.42 Å². The van der Waals surface area contributed by atoms with E-state index in [1.165, 1.54) is 29.8 Å². The summed E-state index contributed by atoms with van der Waals surface area (Å²) in [7, 11) is -3.03. The first kappa shape index (κ1) is 19.3. The molecule has 11 heteroatoms. The fraction of sp³-hybridized carbons (Fsp3) is 0.143. The second-order valence-electron chi connectivity index (χ2n) is 7.50. The highest BCUT2D eigenvalue weighted by Gasteiger charge is 2.36. The first-order valence-electron chi connectivity index (χ1n) is 9.67. The lowest BCUT2D eigenvalue weighted by Crippen LogP contribution is -2.38. The molecule has 0 atom stereocenters. The van der Waals surface area contributed by atoms with Gasteiger partial charge in [-0.05, 0) is 30.3 Å². The summed E-state index contributed by atoms with van der Waals surface area (Å²) in [6, 6.07) is 7.58. The number of aromatic nitrogens is 5. The first-order valence-corrected chi connectivity index (χ1v) is 12.4. The number of halogens is 1. The first-order chi connectivity index (χ1) is 15.5. The number of benzene rings is 1. The van der Waals surface area contributed by atoms with Gasteiger partial charge in [-0.15, -0.1) is 11.3 Å². The zero-order valence-electron chi connectivity index (χ0n) is 16.3. The maximum Gasteiger partial charge on any atom is 0.230 e. The molecule has 4 aromatic heterocycles. The molecular formula is C21H14FN5O3S2. The molecule has 1 aliphatic rings. The minimum absolute atomic E-state index is 0.0378. The topological polar surface area (TPSA) is 104 Å². The Labute approximate surface area is 185 Å². The van der Waals surface area contributed by atoms with Gasteiger partial charge in [-0.2, -0.15) is 5.10 Å². The lowest BCUT2D eigenvalue weighted by molar-refractivity contribution is 0.474. The molecule has 1 saturated heterocycles. The average molecular weight is 468 g/mol. The normalized spacial score (nSPS) is 15.8. The standard InChI is InChI=1S/C21H14FN5O3S2/c22-13-3-1-12(2-4-13)18-16(8-27(26-18)14-9-32(28,29)10-14)19-15-7-17(21-23-5-6-31-21)30-20(15)25-11-24-19/h1-8,11,14H,9-10H2. The van der Waals surface area contributed by atoms with Crippen LogP contribution in [-0.2, 0) is 9.84 Å². The molecule has 0 N–H and O–H groups in total. The zero-order chi connectivity index (χ0) is 21.9. The summed E-state index contributed by atoms with van der Waals surface area (Å²) in [4.78, 5) is 13.0. The van der Waals surface area contributed by atoms with Gasteiger partial charge in [0.05, 0.1) is 28.6 Å². The van der Waals surface area contributed by atoms with E-state index in [9.17, 15) is 12.8 Å². The molecule has 5 aromatic rings. The van der Waals surface area contributed by atoms with Gasteiger partial charge < -0.3 is 4.42 Å². The highest BCUT2D eigenvalue weighted by molar-refractivity contribution is 7.92. The summed E-state index contributed by atoms with van der Waals surface area (Å²) in [6.45, 7) is 0. The minimum Gasteiger partial charge on any atom is -0.435 e. The Balaban J connectivity index is 1.53. The Kier molecular flexibility index (Phi) is 4.24. The Bertz CT molecular complexity index is 1550. The molecule has 6 rings (SSSR count). The molecule has 160 valence electrons. The van der Waals surface area contributed by atoms with E-state index in [2.05, 4.69) is 20.1 Å². The van der Waals surface area contributed by atoms with Crippen LogP contribution < -0.4 is 0 Å². The molecule has 0 spiro atoms. The number of thiazole rings is 1. The largest absolute Gasteiger partial charge is 0.435 e. The van der Waals surface area contributed by atoms with E-state index >= 15 is 0 Å². The lowest BCUT2D eigenvalue weighted by Gasteiger charge is -2.25. The minimum atomic E-state index is -3.03. The summed E-state index contributed by atoms with van der Waals surface area (Å²) < 4.78 is 44.5. The van der Waals surface area contributed by atoms with Gasteiger partial charge in [-0.25, -0.2) is 27.8 Å². The Morgan fingerprint density at radius 2 is 1.91 bits per heavy atom. The van der Waals surface area contributed by atoms with Crippen LogP contribution in [-0.4, -0.2) is 44.7 Å². The third kappa shape index (κ3) is 3.21. The monoisotopic (exact) mass is 467 g/mol. The molecule has 0 amide bonds. The van der Waals surface area contributed by atoms with Crippen LogP contribution in [0, 0.1) is 5.82 Å². The summed E-state index contributed by atoms with van der Waals surface area (Å²) in [5.74, 6) is 0.302. The van der Waals surface area contributed by atoms with Crippen LogP contribution in [0.1, 0.15) is 6.04 Å². The van der Waals surface area contributed by atoms with Gasteiger partial charge in [0.25, 0.3) is 0 Å². The molecular weight excluding hydrogens is 453 g/mol. The van der Waals surface area contributed by atoms with Crippen molar-refractivity contribution in [2.45, 2.75) is 6.04 Å². The SMILES string of the molecule is O=S1(=O)CC(n2cc(-c3ncnc4oc(-c5nccs5)cc34)c(-c3ccc(F)cc3)n2)C1. The highest BCUT2D eigenvalue weighted by atomic mass is 32.2. The van der Waals surface area contributed by atoms with Crippen molar-refractivity contribution in [2.24, 2.45) is 0 Å². The van der Waals surface area contributed by atoms with Crippen LogP contribution in [0.2, 0.25) is 0 Å². The lowest BCUT2D eigenvalue weighted by atomic mass is 10.0. The number of sulfone groups is 1. The summed E-state index contributed by atoms with van der Waals surface area (Å²) in [5, 5.41) is 7.93. The number of furan rings is 1. The molecule has 1 aliphatic heterocycles. The van der Waals surface area contributed by atoms with Crippen molar-refractivity contribution in [1.29, 1.82) is 0 Å². The van der Waals surface area contributed by atoms with Gasteiger partial charge >= 0.3 is 0 Å². The predicted octanol–water partition coefficient (Wildman–Crippen LogP) is 3.99. The van der Waals surface area contributed by atoms with Crippen LogP contribution >= 0.6 is 11.3 Å². The van der Waals surface area contributed by atoms with Gasteiger partial charge in [0.2, 0.25) is 5.71 Å². The fourth-order valence-electron chi connectivity index (χ4n) is 3.78. The van der Waals surface area contributed by atoms with Crippen LogP contribution in [0.4, 0.5) is 4.39 Å². The molecule has 1 aromatic carbocycles.